The Morgan fingerprint density at radius 1 is 0.265 bits per heavy atom. The van der Waals surface area contributed by atoms with E-state index < -0.39 is 5.41 Å². The van der Waals surface area contributed by atoms with E-state index in [0.717, 1.165) is 44.6 Å². The summed E-state index contributed by atoms with van der Waals surface area (Å²) in [5, 5.41) is 2.49. The first-order chi connectivity index (χ1) is 33.7. The van der Waals surface area contributed by atoms with E-state index in [9.17, 15) is 0 Å². The van der Waals surface area contributed by atoms with Gasteiger partial charge in [0.15, 0.2) is 17.5 Å². The Labute approximate surface area is 394 Å². The lowest BCUT2D eigenvalue weighted by Crippen LogP contribution is -2.26. The van der Waals surface area contributed by atoms with Crippen LogP contribution < -0.4 is 0 Å². The van der Waals surface area contributed by atoms with E-state index in [1.807, 2.05) is 0 Å². The highest BCUT2D eigenvalue weighted by atomic mass is 15.0. The second-order valence-corrected chi connectivity index (χ2v) is 17.9. The molecule has 12 aromatic rings. The van der Waals surface area contributed by atoms with Crippen molar-refractivity contribution in [1.29, 1.82) is 0 Å². The van der Waals surface area contributed by atoms with Crippen molar-refractivity contribution in [1.82, 2.24) is 19.5 Å². The largest absolute Gasteiger partial charge is 0.309 e. The molecule has 0 fully saturated rings. The Bertz CT molecular complexity index is 3870. The predicted molar refractivity (Wildman–Crippen MR) is 278 cm³/mol. The summed E-state index contributed by atoms with van der Waals surface area (Å²) in [6, 6.07) is 87.5. The van der Waals surface area contributed by atoms with E-state index in [-0.39, 0.29) is 0 Å². The van der Waals surface area contributed by atoms with Gasteiger partial charge in [-0.05, 0) is 115 Å². The molecule has 316 valence electrons. The molecule has 68 heavy (non-hydrogen) atoms. The van der Waals surface area contributed by atoms with E-state index in [0.29, 0.717) is 17.5 Å². The molecule has 2 aliphatic rings. The maximum atomic E-state index is 5.38. The van der Waals surface area contributed by atoms with Crippen LogP contribution in [-0.4, -0.2) is 19.5 Å². The average molecular weight is 865 g/mol. The number of para-hydroxylation sites is 2. The van der Waals surface area contributed by atoms with Crippen LogP contribution in [0, 0.1) is 0 Å². The van der Waals surface area contributed by atoms with Gasteiger partial charge in [0, 0.05) is 33.2 Å². The van der Waals surface area contributed by atoms with Crippen molar-refractivity contribution in [3.63, 3.8) is 0 Å². The lowest BCUT2D eigenvalue weighted by Gasteiger charge is -2.31. The highest BCUT2D eigenvalue weighted by molar-refractivity contribution is 6.12. The average Bonchev–Trinajstić information content (AvgIpc) is 4.02. The van der Waals surface area contributed by atoms with Crippen LogP contribution in [0.15, 0.2) is 243 Å². The maximum Gasteiger partial charge on any atom is 0.164 e. The molecule has 1 spiro atoms. The first-order valence-corrected chi connectivity index (χ1v) is 23.3. The summed E-state index contributed by atoms with van der Waals surface area (Å²) in [6.45, 7) is 0. The van der Waals surface area contributed by atoms with E-state index >= 15 is 0 Å². The molecule has 1 atom stereocenters. The fourth-order valence-corrected chi connectivity index (χ4v) is 11.3. The highest BCUT2D eigenvalue weighted by Gasteiger charge is 2.52. The first-order valence-electron chi connectivity index (χ1n) is 23.3. The smallest absolute Gasteiger partial charge is 0.164 e. The van der Waals surface area contributed by atoms with Crippen LogP contribution in [0.3, 0.4) is 0 Å². The monoisotopic (exact) mass is 864 g/mol. The molecule has 0 aliphatic heterocycles. The van der Waals surface area contributed by atoms with Crippen molar-refractivity contribution < 1.29 is 0 Å². The Hall–Kier alpha value is -8.99. The highest BCUT2D eigenvalue weighted by Crippen LogP contribution is 2.64. The molecule has 4 heteroatoms. The predicted octanol–water partition coefficient (Wildman–Crippen LogP) is 15.6. The van der Waals surface area contributed by atoms with Crippen LogP contribution in [0.25, 0.3) is 106 Å². The van der Waals surface area contributed by atoms with Gasteiger partial charge in [-0.1, -0.05) is 194 Å². The number of nitrogens with zero attached hydrogens (tertiary/aromatic N) is 4. The topological polar surface area (TPSA) is 43.6 Å². The summed E-state index contributed by atoms with van der Waals surface area (Å²) in [5.41, 5.74) is 20.3. The lowest BCUT2D eigenvalue weighted by atomic mass is 9.70. The van der Waals surface area contributed by atoms with Crippen molar-refractivity contribution >= 4 is 21.8 Å². The van der Waals surface area contributed by atoms with Gasteiger partial charge in [0.25, 0.3) is 0 Å². The minimum atomic E-state index is -0.604. The third-order valence-electron chi connectivity index (χ3n) is 14.2. The molecule has 1 unspecified atom stereocenters. The molecule has 0 saturated heterocycles. The quantitative estimate of drug-likeness (QED) is 0.167. The van der Waals surface area contributed by atoms with Crippen molar-refractivity contribution in [3.8, 4) is 84.4 Å². The molecule has 4 nitrogen and oxygen atoms in total. The molecule has 0 saturated carbocycles. The lowest BCUT2D eigenvalue weighted by molar-refractivity contribution is 0.794. The Kier molecular flexibility index (Phi) is 8.46. The second-order valence-electron chi connectivity index (χ2n) is 17.9. The molecule has 14 rings (SSSR count). The van der Waals surface area contributed by atoms with Crippen LogP contribution in [0.2, 0.25) is 0 Å². The van der Waals surface area contributed by atoms with Crippen molar-refractivity contribution in [2.75, 3.05) is 0 Å². The SMILES string of the molecule is c1ccc(-c2cccc(-c3nc(-c4cccc(-c5ccccc5)c4)nc(-c4ccc5c(c4)C4(c6ccccc6-5)c5ccccc5-c5cc6c7ccccc7n(-c7ccccc7)c6cc54)n3)c2)cc1. The van der Waals surface area contributed by atoms with Gasteiger partial charge in [-0.15, -0.1) is 0 Å². The molecular weight excluding hydrogens is 825 g/mol. The number of fused-ring (bicyclic) bond motifs is 13. The van der Waals surface area contributed by atoms with Crippen LogP contribution in [0.5, 0.6) is 0 Å². The second kappa shape index (κ2) is 15.0. The standard InChI is InChI=1S/C64H40N4/c1-4-18-41(19-5-1)43-22-16-24-45(36-43)61-65-62(46-25-17-23-44(37-46)42-20-6-2-7-21-42)67-63(66-61)47-34-35-51-49-28-10-13-31-55(49)64(57(51)38-47)56-32-14-11-29-50(56)53-39-54-52-30-12-15-33-59(52)68(60(54)40-58(53)64)48-26-8-3-9-27-48/h1-40H. The zero-order valence-corrected chi connectivity index (χ0v) is 36.9. The molecule has 0 amide bonds. The fourth-order valence-electron chi connectivity index (χ4n) is 11.3. The summed E-state index contributed by atoms with van der Waals surface area (Å²) in [7, 11) is 0. The van der Waals surface area contributed by atoms with Gasteiger partial charge in [0.1, 0.15) is 0 Å². The first kappa shape index (κ1) is 38.3. The van der Waals surface area contributed by atoms with E-state index in [1.54, 1.807) is 0 Å². The minimum absolute atomic E-state index is 0.604. The molecule has 10 aromatic carbocycles. The normalized spacial score (nSPS) is 14.2. The van der Waals surface area contributed by atoms with E-state index in [2.05, 4.69) is 247 Å². The number of aromatic nitrogens is 4. The number of hydrogen-bond acceptors (Lipinski definition) is 3. The molecule has 0 radical (unpaired) electrons. The Balaban J connectivity index is 1.02. The van der Waals surface area contributed by atoms with Crippen molar-refractivity contribution in [3.05, 3.63) is 265 Å². The van der Waals surface area contributed by atoms with Crippen LogP contribution in [0.1, 0.15) is 22.3 Å². The van der Waals surface area contributed by atoms with Crippen LogP contribution >= 0.6 is 0 Å². The summed E-state index contributed by atoms with van der Waals surface area (Å²) in [5.74, 6) is 1.87. The minimum Gasteiger partial charge on any atom is -0.309 e. The molecule has 2 heterocycles. The fraction of sp³-hybridized carbons (Fsp3) is 0.0156. The number of hydrogen-bond donors (Lipinski definition) is 0. The summed E-state index contributed by atoms with van der Waals surface area (Å²) in [6.07, 6.45) is 0. The number of benzene rings is 10. The molecular formula is C64H40N4. The van der Waals surface area contributed by atoms with Gasteiger partial charge >= 0.3 is 0 Å². The Morgan fingerprint density at radius 3 is 1.34 bits per heavy atom. The zero-order chi connectivity index (χ0) is 44.8. The molecule has 0 N–H and O–H groups in total. The van der Waals surface area contributed by atoms with Crippen molar-refractivity contribution in [2.24, 2.45) is 0 Å². The molecule has 2 aromatic heterocycles. The third-order valence-corrected chi connectivity index (χ3v) is 14.2. The third kappa shape index (κ3) is 5.71. The number of rotatable bonds is 6. The summed E-state index contributed by atoms with van der Waals surface area (Å²) in [4.78, 5) is 16.0. The van der Waals surface area contributed by atoms with Crippen molar-refractivity contribution in [2.45, 2.75) is 5.41 Å². The maximum absolute atomic E-state index is 5.38. The van der Waals surface area contributed by atoms with Gasteiger partial charge < -0.3 is 4.57 Å². The van der Waals surface area contributed by atoms with Crippen LogP contribution in [0.4, 0.5) is 0 Å². The Morgan fingerprint density at radius 2 is 0.721 bits per heavy atom. The van der Waals surface area contributed by atoms with Gasteiger partial charge in [-0.2, -0.15) is 0 Å². The molecule has 0 bridgehead atoms. The van der Waals surface area contributed by atoms with Crippen LogP contribution in [-0.2, 0) is 5.41 Å². The van der Waals surface area contributed by atoms with Gasteiger partial charge in [0.2, 0.25) is 0 Å². The van der Waals surface area contributed by atoms with Gasteiger partial charge in [-0.3, -0.25) is 0 Å². The zero-order valence-electron chi connectivity index (χ0n) is 36.9. The van der Waals surface area contributed by atoms with Gasteiger partial charge in [0.05, 0.1) is 16.4 Å². The summed E-state index contributed by atoms with van der Waals surface area (Å²) < 4.78 is 2.44. The summed E-state index contributed by atoms with van der Waals surface area (Å²) >= 11 is 0. The van der Waals surface area contributed by atoms with Gasteiger partial charge in [-0.25, -0.2) is 15.0 Å². The molecule has 2 aliphatic carbocycles. The van der Waals surface area contributed by atoms with E-state index in [1.165, 1.54) is 66.3 Å². The van der Waals surface area contributed by atoms with E-state index in [4.69, 9.17) is 15.0 Å².